The van der Waals surface area contributed by atoms with E-state index in [1.54, 1.807) is 0 Å². The first-order chi connectivity index (χ1) is 14.1. The van der Waals surface area contributed by atoms with Gasteiger partial charge in [-0.05, 0) is 31.7 Å². The maximum Gasteiger partial charge on any atom is 0.288 e. The summed E-state index contributed by atoms with van der Waals surface area (Å²) in [4.78, 5) is 34.6. The van der Waals surface area contributed by atoms with Crippen molar-refractivity contribution in [1.82, 2.24) is 24.8 Å². The van der Waals surface area contributed by atoms with Crippen molar-refractivity contribution in [1.29, 1.82) is 0 Å². The van der Waals surface area contributed by atoms with Gasteiger partial charge in [0.15, 0.2) is 0 Å². The lowest BCUT2D eigenvalue weighted by molar-refractivity contribution is 0.0374. The van der Waals surface area contributed by atoms with Crippen molar-refractivity contribution in [3.8, 4) is 0 Å². The third-order valence-corrected chi connectivity index (χ3v) is 6.60. The fraction of sp³-hybridized carbons (Fsp3) is 0.684. The zero-order valence-electron chi connectivity index (χ0n) is 16.8. The number of aromatic nitrogens is 3. The number of carbonyl (C=O) groups is 1. The molecule has 4 heterocycles. The molecule has 9 nitrogen and oxygen atoms in total. The number of morpholine rings is 1. The van der Waals surface area contributed by atoms with Crippen LogP contribution < -0.4 is 15.8 Å². The van der Waals surface area contributed by atoms with Crippen molar-refractivity contribution < 1.29 is 9.53 Å². The Morgan fingerprint density at radius 3 is 2.79 bits per heavy atom. The molecule has 29 heavy (non-hydrogen) atoms. The molecule has 0 radical (unpaired) electrons. The van der Waals surface area contributed by atoms with Crippen molar-refractivity contribution >= 4 is 27.3 Å². The van der Waals surface area contributed by atoms with Crippen LogP contribution in [-0.2, 0) is 4.74 Å². The van der Waals surface area contributed by atoms with E-state index in [0.717, 1.165) is 76.2 Å². The molecule has 0 bridgehead atoms. The van der Waals surface area contributed by atoms with Gasteiger partial charge in [-0.1, -0.05) is 18.3 Å². The minimum Gasteiger partial charge on any atom is -0.379 e. The Morgan fingerprint density at radius 2 is 2.03 bits per heavy atom. The van der Waals surface area contributed by atoms with E-state index in [1.807, 2.05) is 0 Å². The smallest absolute Gasteiger partial charge is 0.288 e. The Labute approximate surface area is 173 Å². The van der Waals surface area contributed by atoms with Crippen LogP contribution in [0.5, 0.6) is 0 Å². The predicted molar refractivity (Wildman–Crippen MR) is 112 cm³/mol. The number of amides is 1. The largest absolute Gasteiger partial charge is 0.379 e. The lowest BCUT2D eigenvalue weighted by atomic mass is 10.00. The Hall–Kier alpha value is -2.04. The summed E-state index contributed by atoms with van der Waals surface area (Å²) in [6, 6.07) is 0. The van der Waals surface area contributed by atoms with Crippen LogP contribution in [0.25, 0.3) is 4.96 Å². The van der Waals surface area contributed by atoms with Gasteiger partial charge >= 0.3 is 0 Å². The summed E-state index contributed by atoms with van der Waals surface area (Å²) in [7, 11) is 0. The highest BCUT2D eigenvalue weighted by Crippen LogP contribution is 2.26. The fourth-order valence-electron chi connectivity index (χ4n) is 3.68. The molecule has 2 aliphatic rings. The quantitative estimate of drug-likeness (QED) is 0.693. The van der Waals surface area contributed by atoms with Crippen LogP contribution in [0.1, 0.15) is 36.5 Å². The zero-order chi connectivity index (χ0) is 20.2. The Morgan fingerprint density at radius 1 is 1.28 bits per heavy atom. The van der Waals surface area contributed by atoms with Crippen molar-refractivity contribution in [2.75, 3.05) is 57.4 Å². The molecule has 2 fully saturated rings. The lowest BCUT2D eigenvalue weighted by Crippen LogP contribution is -2.38. The van der Waals surface area contributed by atoms with Gasteiger partial charge in [0, 0.05) is 38.9 Å². The highest BCUT2D eigenvalue weighted by molar-refractivity contribution is 7.20. The van der Waals surface area contributed by atoms with Crippen LogP contribution in [0.15, 0.2) is 11.0 Å². The number of hydrogen-bond acceptors (Lipinski definition) is 8. The molecule has 2 aliphatic heterocycles. The maximum atomic E-state index is 12.8. The van der Waals surface area contributed by atoms with E-state index in [9.17, 15) is 9.59 Å². The van der Waals surface area contributed by atoms with Crippen LogP contribution in [-0.4, -0.2) is 77.9 Å². The van der Waals surface area contributed by atoms with Crippen LogP contribution in [0.4, 0.5) is 5.13 Å². The number of rotatable bonds is 6. The summed E-state index contributed by atoms with van der Waals surface area (Å²) in [6.45, 7) is 8.94. The normalized spacial score (nSPS) is 19.0. The van der Waals surface area contributed by atoms with Crippen LogP contribution in [0.3, 0.4) is 0 Å². The van der Waals surface area contributed by atoms with E-state index in [-0.39, 0.29) is 11.5 Å². The number of nitrogens with one attached hydrogen (secondary N) is 1. The summed E-state index contributed by atoms with van der Waals surface area (Å²) < 4.78 is 6.60. The molecule has 158 valence electrons. The number of anilines is 1. The zero-order valence-corrected chi connectivity index (χ0v) is 17.6. The van der Waals surface area contributed by atoms with Gasteiger partial charge in [-0.2, -0.15) is 4.52 Å². The second kappa shape index (κ2) is 9.19. The molecule has 4 rings (SSSR count). The molecule has 0 unspecified atom stereocenters. The number of hydrogen-bond donors (Lipinski definition) is 1. The van der Waals surface area contributed by atoms with Gasteiger partial charge in [-0.3, -0.25) is 14.5 Å². The molecule has 2 aromatic heterocycles. The van der Waals surface area contributed by atoms with Crippen molar-refractivity contribution in [3.05, 3.63) is 22.1 Å². The first-order valence-corrected chi connectivity index (χ1v) is 11.2. The standard InChI is InChI=1S/C19H28N6O3S/c1-14-3-7-24(8-4-14)19-22-25-17(27)15(13-21-18(25)29-19)16(26)20-5-2-6-23-9-11-28-12-10-23/h13-14H,2-12H2,1H3,(H,20,26). The van der Waals surface area contributed by atoms with Crippen LogP contribution in [0, 0.1) is 5.92 Å². The lowest BCUT2D eigenvalue weighted by Gasteiger charge is -2.29. The molecule has 0 aliphatic carbocycles. The minimum absolute atomic E-state index is 0.0398. The van der Waals surface area contributed by atoms with E-state index in [4.69, 9.17) is 4.74 Å². The first kappa shape index (κ1) is 20.2. The van der Waals surface area contributed by atoms with E-state index in [2.05, 4.69) is 32.1 Å². The maximum absolute atomic E-state index is 12.8. The van der Waals surface area contributed by atoms with Gasteiger partial charge in [0.2, 0.25) is 10.1 Å². The molecular weight excluding hydrogens is 392 g/mol. The third kappa shape index (κ3) is 4.76. The topological polar surface area (TPSA) is 92.1 Å². The monoisotopic (exact) mass is 420 g/mol. The van der Waals surface area contributed by atoms with E-state index < -0.39 is 5.56 Å². The number of fused-ring (bicyclic) bond motifs is 1. The summed E-state index contributed by atoms with van der Waals surface area (Å²) >= 11 is 1.40. The van der Waals surface area contributed by atoms with Gasteiger partial charge < -0.3 is 15.0 Å². The first-order valence-electron chi connectivity index (χ1n) is 10.3. The molecule has 0 atom stereocenters. The Balaban J connectivity index is 1.37. The second-order valence-electron chi connectivity index (χ2n) is 7.79. The highest BCUT2D eigenvalue weighted by Gasteiger charge is 2.21. The SMILES string of the molecule is CC1CCN(c2nn3c(=O)c(C(=O)NCCCN4CCOCC4)cnc3s2)CC1. The summed E-state index contributed by atoms with van der Waals surface area (Å²) in [5.74, 6) is 0.334. The Kier molecular flexibility index (Phi) is 6.41. The number of ether oxygens (including phenoxy) is 1. The fourth-order valence-corrected chi connectivity index (χ4v) is 4.60. The molecule has 2 saturated heterocycles. The van der Waals surface area contributed by atoms with Crippen LogP contribution in [0.2, 0.25) is 0 Å². The average molecular weight is 421 g/mol. The summed E-state index contributed by atoms with van der Waals surface area (Å²) in [6.07, 6.45) is 4.44. The third-order valence-electron chi connectivity index (χ3n) is 5.62. The van der Waals surface area contributed by atoms with Crippen molar-refractivity contribution in [2.24, 2.45) is 5.92 Å². The van der Waals surface area contributed by atoms with E-state index >= 15 is 0 Å². The molecule has 0 spiro atoms. The van der Waals surface area contributed by atoms with Gasteiger partial charge in [0.1, 0.15) is 5.56 Å². The van der Waals surface area contributed by atoms with Gasteiger partial charge in [0.05, 0.1) is 13.2 Å². The number of piperidine rings is 1. The van der Waals surface area contributed by atoms with Gasteiger partial charge in [0.25, 0.3) is 11.5 Å². The Bertz CT molecular complexity index is 899. The average Bonchev–Trinajstić information content (AvgIpc) is 3.18. The molecule has 0 aromatic carbocycles. The van der Waals surface area contributed by atoms with Crippen LogP contribution >= 0.6 is 11.3 Å². The van der Waals surface area contributed by atoms with Crippen molar-refractivity contribution in [2.45, 2.75) is 26.2 Å². The van der Waals surface area contributed by atoms with Gasteiger partial charge in [-0.25, -0.2) is 4.98 Å². The van der Waals surface area contributed by atoms with E-state index in [0.29, 0.717) is 11.5 Å². The summed E-state index contributed by atoms with van der Waals surface area (Å²) in [5, 5.41) is 8.08. The molecule has 0 saturated carbocycles. The number of carbonyl (C=O) groups excluding carboxylic acids is 1. The molecule has 1 N–H and O–H groups in total. The van der Waals surface area contributed by atoms with E-state index in [1.165, 1.54) is 22.0 Å². The summed E-state index contributed by atoms with van der Waals surface area (Å²) in [5.41, 5.74) is -0.369. The number of nitrogens with zero attached hydrogens (tertiary/aromatic N) is 5. The van der Waals surface area contributed by atoms with Gasteiger partial charge in [-0.15, -0.1) is 5.10 Å². The molecular formula is C19H28N6O3S. The molecule has 10 heteroatoms. The minimum atomic E-state index is -0.409. The molecule has 1 amide bonds. The predicted octanol–water partition coefficient (Wildman–Crippen LogP) is 0.839. The second-order valence-corrected chi connectivity index (χ2v) is 8.72. The molecule has 2 aromatic rings. The highest BCUT2D eigenvalue weighted by atomic mass is 32.1. The van der Waals surface area contributed by atoms with Crippen molar-refractivity contribution in [3.63, 3.8) is 0 Å².